The zero-order valence-electron chi connectivity index (χ0n) is 18.2. The number of benzene rings is 2. The molecule has 2 aromatic carbocycles. The molecule has 0 aromatic heterocycles. The van der Waals surface area contributed by atoms with Gasteiger partial charge in [0.2, 0.25) is 15.9 Å². The Morgan fingerprint density at radius 1 is 1.25 bits per heavy atom. The zero-order chi connectivity index (χ0) is 23.5. The Balaban J connectivity index is 1.71. The second-order valence-electron chi connectivity index (χ2n) is 7.57. The summed E-state index contributed by atoms with van der Waals surface area (Å²) >= 11 is 0. The molecule has 0 spiro atoms. The normalized spacial score (nSPS) is 16.3. The molecule has 10 heteroatoms. The smallest absolute Gasteiger partial charge is 0.414 e. The molecule has 2 aromatic rings. The van der Waals surface area contributed by atoms with Crippen LogP contribution in [-0.4, -0.2) is 56.7 Å². The quantitative estimate of drug-likeness (QED) is 0.650. The molecule has 1 aliphatic heterocycles. The molecule has 8 nitrogen and oxygen atoms in total. The molecule has 1 aliphatic rings. The summed E-state index contributed by atoms with van der Waals surface area (Å²) in [4.78, 5) is 24.5. The maximum absolute atomic E-state index is 14.9. The van der Waals surface area contributed by atoms with Crippen molar-refractivity contribution < 1.29 is 27.1 Å². The zero-order valence-corrected chi connectivity index (χ0v) is 19.0. The Kier molecular flexibility index (Phi) is 7.15. The first-order valence-corrected chi connectivity index (χ1v) is 11.8. The van der Waals surface area contributed by atoms with Gasteiger partial charge in [-0.25, -0.2) is 21.9 Å². The van der Waals surface area contributed by atoms with E-state index < -0.39 is 28.0 Å². The van der Waals surface area contributed by atoms with Gasteiger partial charge in [-0.1, -0.05) is 24.3 Å². The summed E-state index contributed by atoms with van der Waals surface area (Å²) in [6.07, 6.45) is -1.10. The van der Waals surface area contributed by atoms with Crippen LogP contribution in [0.4, 0.5) is 14.9 Å². The topological polar surface area (TPSA) is 96.0 Å². The first-order valence-electron chi connectivity index (χ1n) is 10.2. The van der Waals surface area contributed by atoms with Gasteiger partial charge in [-0.05, 0) is 36.2 Å². The van der Waals surface area contributed by atoms with Gasteiger partial charge in [-0.3, -0.25) is 9.69 Å². The minimum absolute atomic E-state index is 0.0255. The van der Waals surface area contributed by atoms with Crippen LogP contribution in [0.15, 0.2) is 42.5 Å². The van der Waals surface area contributed by atoms with Gasteiger partial charge in [0.25, 0.3) is 0 Å². The number of hydrogen-bond acceptors (Lipinski definition) is 5. The largest absolute Gasteiger partial charge is 0.442 e. The monoisotopic (exact) mass is 463 g/mol. The molecule has 1 atom stereocenters. The van der Waals surface area contributed by atoms with Gasteiger partial charge in [0, 0.05) is 26.1 Å². The molecule has 32 heavy (non-hydrogen) atoms. The fraction of sp³-hybridized carbons (Fsp3) is 0.364. The average Bonchev–Trinajstić information content (AvgIpc) is 3.13. The summed E-state index contributed by atoms with van der Waals surface area (Å²) < 4.78 is 45.2. The molecule has 0 radical (unpaired) electrons. The van der Waals surface area contributed by atoms with Crippen molar-refractivity contribution in [3.05, 3.63) is 53.8 Å². The summed E-state index contributed by atoms with van der Waals surface area (Å²) in [5.74, 6) is -0.698. The highest BCUT2D eigenvalue weighted by Gasteiger charge is 2.32. The number of carbonyl (C=O) groups is 2. The van der Waals surface area contributed by atoms with Crippen molar-refractivity contribution in [2.45, 2.75) is 26.5 Å². The highest BCUT2D eigenvalue weighted by molar-refractivity contribution is 7.89. The van der Waals surface area contributed by atoms with Gasteiger partial charge in [-0.2, -0.15) is 0 Å². The third-order valence-electron chi connectivity index (χ3n) is 5.23. The lowest BCUT2D eigenvalue weighted by Gasteiger charge is -2.16. The third-order valence-corrected chi connectivity index (χ3v) is 7.04. The standard InChI is InChI=1S/C22H26FN3O5S/c1-4-32(29,30)25(3)13-16-5-7-17(8-6-16)20-10-9-18(11-21(20)23)26-14-19(31-22(26)28)12-24-15(2)27/h5-11,19H,4,12-14H2,1-3H3,(H,24,27)/t19-/m0/s1. The molecule has 2 amide bonds. The van der Waals surface area contributed by atoms with Gasteiger partial charge < -0.3 is 10.1 Å². The average molecular weight is 464 g/mol. The molecule has 0 saturated carbocycles. The lowest BCUT2D eigenvalue weighted by Crippen LogP contribution is -2.33. The van der Waals surface area contributed by atoms with E-state index in [0.717, 1.165) is 5.56 Å². The SMILES string of the molecule is CCS(=O)(=O)N(C)Cc1ccc(-c2ccc(N3C[C@H](CNC(C)=O)OC3=O)cc2F)cc1. The summed E-state index contributed by atoms with van der Waals surface area (Å²) in [6.45, 7) is 3.60. The lowest BCUT2D eigenvalue weighted by molar-refractivity contribution is -0.119. The number of amides is 2. The molecule has 1 saturated heterocycles. The van der Waals surface area contributed by atoms with Crippen LogP contribution in [0.3, 0.4) is 0 Å². The van der Waals surface area contributed by atoms with E-state index in [9.17, 15) is 22.4 Å². The van der Waals surface area contributed by atoms with E-state index >= 15 is 0 Å². The number of anilines is 1. The minimum atomic E-state index is -3.28. The number of nitrogens with zero attached hydrogens (tertiary/aromatic N) is 2. The van der Waals surface area contributed by atoms with E-state index in [1.54, 1.807) is 43.3 Å². The first-order chi connectivity index (χ1) is 15.1. The number of cyclic esters (lactones) is 1. The number of nitrogens with one attached hydrogen (secondary N) is 1. The molecule has 1 N–H and O–H groups in total. The van der Waals surface area contributed by atoms with E-state index in [1.807, 2.05) is 0 Å². The molecular formula is C22H26FN3O5S. The molecule has 0 unspecified atom stereocenters. The third kappa shape index (κ3) is 5.43. The maximum Gasteiger partial charge on any atom is 0.414 e. The van der Waals surface area contributed by atoms with Crippen LogP contribution in [0.2, 0.25) is 0 Å². The van der Waals surface area contributed by atoms with Crippen molar-refractivity contribution in [2.75, 3.05) is 30.8 Å². The van der Waals surface area contributed by atoms with Gasteiger partial charge >= 0.3 is 6.09 Å². The Morgan fingerprint density at radius 2 is 1.94 bits per heavy atom. The van der Waals surface area contributed by atoms with Crippen LogP contribution in [0.5, 0.6) is 0 Å². The van der Waals surface area contributed by atoms with E-state index in [4.69, 9.17) is 4.74 Å². The summed E-state index contributed by atoms with van der Waals surface area (Å²) in [7, 11) is -1.76. The van der Waals surface area contributed by atoms with E-state index in [2.05, 4.69) is 5.32 Å². The van der Waals surface area contributed by atoms with Crippen LogP contribution in [0, 0.1) is 5.82 Å². The second-order valence-corrected chi connectivity index (χ2v) is 9.94. The van der Waals surface area contributed by atoms with Gasteiger partial charge in [0.1, 0.15) is 11.9 Å². The fourth-order valence-corrected chi connectivity index (χ4v) is 4.15. The lowest BCUT2D eigenvalue weighted by atomic mass is 10.0. The first kappa shape index (κ1) is 23.7. The van der Waals surface area contributed by atoms with E-state index in [1.165, 1.54) is 29.2 Å². The van der Waals surface area contributed by atoms with Crippen LogP contribution < -0.4 is 10.2 Å². The van der Waals surface area contributed by atoms with Crippen LogP contribution in [0.1, 0.15) is 19.4 Å². The van der Waals surface area contributed by atoms with Gasteiger partial charge in [-0.15, -0.1) is 0 Å². The second kappa shape index (κ2) is 9.66. The molecule has 1 fully saturated rings. The predicted octanol–water partition coefficient (Wildman–Crippen LogP) is 2.74. The van der Waals surface area contributed by atoms with Crippen molar-refractivity contribution in [2.24, 2.45) is 0 Å². The summed E-state index contributed by atoms with van der Waals surface area (Å²) in [6, 6.07) is 11.5. The molecular weight excluding hydrogens is 437 g/mol. The Morgan fingerprint density at radius 3 is 2.53 bits per heavy atom. The number of hydrogen-bond donors (Lipinski definition) is 1. The fourth-order valence-electron chi connectivity index (χ4n) is 3.37. The van der Waals surface area contributed by atoms with Crippen LogP contribution in [-0.2, 0) is 26.1 Å². The molecule has 172 valence electrons. The Labute approximate surface area is 187 Å². The number of ether oxygens (including phenoxy) is 1. The highest BCUT2D eigenvalue weighted by Crippen LogP contribution is 2.29. The van der Waals surface area contributed by atoms with Crippen molar-refractivity contribution in [1.29, 1.82) is 0 Å². The molecule has 3 rings (SSSR count). The van der Waals surface area contributed by atoms with Crippen molar-refractivity contribution in [3.8, 4) is 11.1 Å². The van der Waals surface area contributed by atoms with Crippen LogP contribution >= 0.6 is 0 Å². The molecule has 1 heterocycles. The number of rotatable bonds is 8. The summed E-state index contributed by atoms with van der Waals surface area (Å²) in [5, 5.41) is 2.60. The number of carbonyl (C=O) groups excluding carboxylic acids is 2. The number of sulfonamides is 1. The van der Waals surface area contributed by atoms with Crippen molar-refractivity contribution in [3.63, 3.8) is 0 Å². The van der Waals surface area contributed by atoms with E-state index in [0.29, 0.717) is 16.8 Å². The Hall–Kier alpha value is -2.98. The van der Waals surface area contributed by atoms with Crippen molar-refractivity contribution in [1.82, 2.24) is 9.62 Å². The molecule has 0 aliphatic carbocycles. The van der Waals surface area contributed by atoms with Gasteiger partial charge in [0.15, 0.2) is 0 Å². The maximum atomic E-state index is 14.9. The van der Waals surface area contributed by atoms with Gasteiger partial charge in [0.05, 0.1) is 24.5 Å². The van der Waals surface area contributed by atoms with Crippen LogP contribution in [0.25, 0.3) is 11.1 Å². The Bertz CT molecular complexity index is 1110. The molecule has 0 bridgehead atoms. The summed E-state index contributed by atoms with van der Waals surface area (Å²) in [5.41, 5.74) is 2.14. The highest BCUT2D eigenvalue weighted by atomic mass is 32.2. The van der Waals surface area contributed by atoms with E-state index in [-0.39, 0.29) is 31.3 Å². The minimum Gasteiger partial charge on any atom is -0.442 e. The predicted molar refractivity (Wildman–Crippen MR) is 119 cm³/mol. The number of halogens is 1. The van der Waals surface area contributed by atoms with Crippen molar-refractivity contribution >= 4 is 27.7 Å².